The average molecular weight is 577 g/mol. The third-order valence-corrected chi connectivity index (χ3v) is 7.31. The molecule has 2 fully saturated rings. The van der Waals surface area contributed by atoms with Crippen LogP contribution in [0.4, 0.5) is 0 Å². The molecule has 220 valence electrons. The minimum atomic E-state index is -1.92. The molecule has 2 aliphatic heterocycles. The second-order valence-corrected chi connectivity index (χ2v) is 10.0. The van der Waals surface area contributed by atoms with Crippen LogP contribution in [0, 0.1) is 0 Å². The highest BCUT2D eigenvalue weighted by atomic mass is 16.7. The van der Waals surface area contributed by atoms with Crippen molar-refractivity contribution in [2.75, 3.05) is 0 Å². The van der Waals surface area contributed by atoms with Gasteiger partial charge in [0.25, 0.3) is 0 Å². The van der Waals surface area contributed by atoms with E-state index in [2.05, 4.69) is 0 Å². The Morgan fingerprint density at radius 3 is 2.20 bits per heavy atom. The van der Waals surface area contributed by atoms with E-state index in [1.165, 1.54) is 26.0 Å². The zero-order valence-electron chi connectivity index (χ0n) is 21.6. The number of phenolic OH excluding ortho intramolecular Hbond substituents is 4. The van der Waals surface area contributed by atoms with Crippen LogP contribution in [-0.2, 0) is 19.0 Å². The molecule has 0 amide bonds. The van der Waals surface area contributed by atoms with Crippen molar-refractivity contribution in [3.63, 3.8) is 0 Å². The predicted molar refractivity (Wildman–Crippen MR) is 136 cm³/mol. The first-order chi connectivity index (χ1) is 19.3. The molecule has 2 saturated heterocycles. The van der Waals surface area contributed by atoms with Crippen molar-refractivity contribution in [2.24, 2.45) is 0 Å². The lowest BCUT2D eigenvalue weighted by Crippen LogP contribution is -2.60. The maximum absolute atomic E-state index is 13.1. The molecular weight excluding hydrogens is 548 g/mol. The highest BCUT2D eigenvalue weighted by molar-refractivity contribution is 5.90. The van der Waals surface area contributed by atoms with Crippen LogP contribution in [0.5, 0.6) is 23.0 Å². The topological polar surface area (TPSA) is 237 Å². The van der Waals surface area contributed by atoms with Gasteiger partial charge in [-0.3, -0.25) is 9.59 Å². The van der Waals surface area contributed by atoms with Crippen LogP contribution in [0.3, 0.4) is 0 Å². The van der Waals surface area contributed by atoms with Gasteiger partial charge < -0.3 is 59.5 Å². The maximum atomic E-state index is 13.1. The van der Waals surface area contributed by atoms with Gasteiger partial charge in [0.1, 0.15) is 71.0 Å². The van der Waals surface area contributed by atoms with Crippen molar-refractivity contribution in [3.8, 4) is 34.3 Å². The maximum Gasteiger partial charge on any atom is 0.197 e. The average Bonchev–Trinajstić information content (AvgIpc) is 2.92. The van der Waals surface area contributed by atoms with Gasteiger partial charge >= 0.3 is 0 Å². The zero-order chi connectivity index (χ0) is 29.9. The van der Waals surface area contributed by atoms with E-state index in [-0.39, 0.29) is 16.9 Å². The largest absolute Gasteiger partial charge is 0.507 e. The van der Waals surface area contributed by atoms with E-state index >= 15 is 0 Å². The summed E-state index contributed by atoms with van der Waals surface area (Å²) < 4.78 is 22.5. The fraction of sp³-hybridized carbons (Fsp3) is 0.407. The number of carbonyl (C=O) groups excluding carboxylic acids is 1. The van der Waals surface area contributed by atoms with E-state index in [0.717, 1.165) is 18.2 Å². The van der Waals surface area contributed by atoms with Crippen LogP contribution in [-0.4, -0.2) is 95.7 Å². The van der Waals surface area contributed by atoms with E-state index in [0.29, 0.717) is 0 Å². The molecule has 5 rings (SSSR count). The number of hydrogen-bond donors (Lipinski definition) is 8. The minimum absolute atomic E-state index is 0.0626. The minimum Gasteiger partial charge on any atom is -0.507 e. The fourth-order valence-electron chi connectivity index (χ4n) is 5.00. The summed E-state index contributed by atoms with van der Waals surface area (Å²) >= 11 is 0. The molecular formula is C27H28O14. The van der Waals surface area contributed by atoms with E-state index in [1.807, 2.05) is 0 Å². The molecule has 1 aromatic heterocycles. The summed E-state index contributed by atoms with van der Waals surface area (Å²) in [4.78, 5) is 25.7. The Hall–Kier alpha value is -3.76. The molecule has 8 N–H and O–H groups in total. The molecule has 14 nitrogen and oxygen atoms in total. The first kappa shape index (κ1) is 28.8. The molecule has 41 heavy (non-hydrogen) atoms. The van der Waals surface area contributed by atoms with Crippen molar-refractivity contribution in [1.82, 2.24) is 0 Å². The smallest absolute Gasteiger partial charge is 0.197 e. The van der Waals surface area contributed by atoms with Gasteiger partial charge in [0.05, 0.1) is 11.7 Å². The number of Topliss-reactive ketones (excluding diaryl/α,β-unsaturated/α-hetero) is 1. The Bertz CT molecular complexity index is 1550. The number of aliphatic hydroxyl groups excluding tert-OH is 4. The normalized spacial score (nSPS) is 32.3. The SMILES string of the molecule is C[C@@H]1O[C@H](c2c(O)cc3oc(-c4ccc(O)c(O)c4)cc(=O)c3c2O)[C@@H](O[C@@H]2O[C@@H](C)[C@H](O)[C@@H](O)[C@H]2O)[C@H](O)C1=O. The van der Waals surface area contributed by atoms with Gasteiger partial charge in [-0.2, -0.15) is 0 Å². The van der Waals surface area contributed by atoms with Crippen LogP contribution >= 0.6 is 0 Å². The summed E-state index contributed by atoms with van der Waals surface area (Å²) in [5.74, 6) is -3.25. The number of fused-ring (bicyclic) bond motifs is 1. The van der Waals surface area contributed by atoms with Gasteiger partial charge in [0, 0.05) is 17.7 Å². The van der Waals surface area contributed by atoms with Crippen molar-refractivity contribution in [3.05, 3.63) is 46.1 Å². The first-order valence-electron chi connectivity index (χ1n) is 12.6. The molecule has 9 atom stereocenters. The molecule has 2 aromatic carbocycles. The number of rotatable bonds is 4. The summed E-state index contributed by atoms with van der Waals surface area (Å²) in [5, 5.41) is 82.5. The number of carbonyl (C=O) groups is 1. The molecule has 0 unspecified atom stereocenters. The fourth-order valence-corrected chi connectivity index (χ4v) is 5.00. The number of aliphatic hydroxyl groups is 4. The van der Waals surface area contributed by atoms with Crippen molar-refractivity contribution < 1.29 is 64.3 Å². The molecule has 0 saturated carbocycles. The number of hydrogen-bond acceptors (Lipinski definition) is 14. The summed E-state index contributed by atoms with van der Waals surface area (Å²) in [6.45, 7) is 2.70. The van der Waals surface area contributed by atoms with Crippen LogP contribution in [0.2, 0.25) is 0 Å². The van der Waals surface area contributed by atoms with Crippen molar-refractivity contribution in [1.29, 1.82) is 0 Å². The van der Waals surface area contributed by atoms with Crippen molar-refractivity contribution in [2.45, 2.75) is 69.0 Å². The lowest BCUT2D eigenvalue weighted by atomic mass is 9.90. The van der Waals surface area contributed by atoms with Gasteiger partial charge in [-0.25, -0.2) is 0 Å². The van der Waals surface area contributed by atoms with Crippen LogP contribution < -0.4 is 5.43 Å². The number of ether oxygens (including phenoxy) is 3. The van der Waals surface area contributed by atoms with E-state index < -0.39 is 100 Å². The summed E-state index contributed by atoms with van der Waals surface area (Å²) in [6, 6.07) is 5.69. The van der Waals surface area contributed by atoms with Crippen molar-refractivity contribution >= 4 is 16.8 Å². The third-order valence-electron chi connectivity index (χ3n) is 7.31. The van der Waals surface area contributed by atoms with Gasteiger partial charge in [-0.15, -0.1) is 0 Å². The predicted octanol–water partition coefficient (Wildman–Crippen LogP) is -0.115. The van der Waals surface area contributed by atoms with E-state index in [1.54, 1.807) is 0 Å². The van der Waals surface area contributed by atoms with E-state index in [9.17, 15) is 50.4 Å². The second kappa shape index (κ2) is 10.6. The highest BCUT2D eigenvalue weighted by Crippen LogP contribution is 2.45. The summed E-state index contributed by atoms with van der Waals surface area (Å²) in [6.07, 6.45) is -14.2. The number of aromatic hydroxyl groups is 4. The second-order valence-electron chi connectivity index (χ2n) is 10.0. The molecule has 0 aliphatic carbocycles. The Morgan fingerprint density at radius 2 is 1.51 bits per heavy atom. The molecule has 0 spiro atoms. The number of phenols is 4. The molecule has 2 aliphatic rings. The van der Waals surface area contributed by atoms with Gasteiger partial charge in [-0.05, 0) is 32.0 Å². The van der Waals surface area contributed by atoms with Gasteiger partial charge in [-0.1, -0.05) is 0 Å². The highest BCUT2D eigenvalue weighted by Gasteiger charge is 2.50. The molecule has 0 bridgehead atoms. The first-order valence-corrected chi connectivity index (χ1v) is 12.6. The summed E-state index contributed by atoms with van der Waals surface area (Å²) in [7, 11) is 0. The quantitative estimate of drug-likeness (QED) is 0.189. The van der Waals surface area contributed by atoms with Gasteiger partial charge in [0.2, 0.25) is 0 Å². The number of ketones is 1. The molecule has 14 heteroatoms. The van der Waals surface area contributed by atoms with Crippen LogP contribution in [0.1, 0.15) is 25.5 Å². The Balaban J connectivity index is 1.58. The lowest BCUT2D eigenvalue weighted by Gasteiger charge is -2.44. The van der Waals surface area contributed by atoms with Crippen LogP contribution in [0.15, 0.2) is 39.5 Å². The Labute approximate surface area is 230 Å². The third kappa shape index (κ3) is 4.89. The standard InChI is InChI=1S/C27H28O14/c1-8-20(33)23(36)26(41-27-24(37)22(35)19(32)9(2)39-27)25(38-8)18-14(31)7-16-17(21(18)34)13(30)6-15(40-16)10-3-4-11(28)12(29)5-10/h3-9,19,22-29,31-32,34-37H,1-2H3/t8-,9-,19-,22+,23+,24+,25+,26-,27-/m0/s1. The molecule has 3 heterocycles. The Kier molecular flexibility index (Phi) is 7.42. The van der Waals surface area contributed by atoms with E-state index in [4.69, 9.17) is 18.6 Å². The number of benzene rings is 2. The molecule has 0 radical (unpaired) electrons. The zero-order valence-corrected chi connectivity index (χ0v) is 21.6. The molecule has 3 aromatic rings. The van der Waals surface area contributed by atoms with Gasteiger partial charge in [0.15, 0.2) is 29.0 Å². The summed E-state index contributed by atoms with van der Waals surface area (Å²) in [5.41, 5.74) is -1.28. The Morgan fingerprint density at radius 1 is 0.805 bits per heavy atom. The monoisotopic (exact) mass is 576 g/mol. The lowest BCUT2D eigenvalue weighted by molar-refractivity contribution is -0.323. The van der Waals surface area contributed by atoms with Crippen LogP contribution in [0.25, 0.3) is 22.3 Å².